The molecule has 3 rings (SSSR count). The van der Waals surface area contributed by atoms with Gasteiger partial charge in [0.2, 0.25) is 0 Å². The average Bonchev–Trinajstić information content (AvgIpc) is 3.05. The molecule has 1 unspecified atom stereocenters. The highest BCUT2D eigenvalue weighted by Crippen LogP contribution is 2.31. The van der Waals surface area contributed by atoms with Crippen LogP contribution in [0.5, 0.6) is 0 Å². The van der Waals surface area contributed by atoms with Crippen LogP contribution in [0, 0.1) is 0 Å². The van der Waals surface area contributed by atoms with E-state index in [9.17, 15) is 0 Å². The number of aryl methyl sites for hydroxylation is 2. The Morgan fingerprint density at radius 1 is 1.39 bits per heavy atom. The van der Waals surface area contributed by atoms with Crippen LogP contribution in [0.15, 0.2) is 0 Å². The first-order chi connectivity index (χ1) is 8.69. The monoisotopic (exact) mass is 249 g/mol. The first kappa shape index (κ1) is 11.8. The van der Waals surface area contributed by atoms with Crippen LogP contribution in [0.4, 0.5) is 11.5 Å². The van der Waals surface area contributed by atoms with Gasteiger partial charge in [0.15, 0.2) is 0 Å². The Kier molecular flexibility index (Phi) is 2.93. The smallest absolute Gasteiger partial charge is 0.148 e. The van der Waals surface area contributed by atoms with Crippen molar-refractivity contribution >= 4 is 11.5 Å². The van der Waals surface area contributed by atoms with E-state index in [-0.39, 0.29) is 0 Å². The lowest BCUT2D eigenvalue weighted by Gasteiger charge is -2.17. The molecule has 1 aliphatic carbocycles. The van der Waals surface area contributed by atoms with Crippen molar-refractivity contribution in [1.82, 2.24) is 14.7 Å². The first-order valence-corrected chi connectivity index (χ1v) is 7.01. The second kappa shape index (κ2) is 4.46. The minimum absolute atomic E-state index is 0.521. The molecule has 100 valence electrons. The van der Waals surface area contributed by atoms with E-state index in [0.29, 0.717) is 6.04 Å². The molecule has 2 heterocycles. The summed E-state index contributed by atoms with van der Waals surface area (Å²) in [6.45, 7) is 4.46. The Balaban J connectivity index is 1.67. The van der Waals surface area contributed by atoms with Crippen molar-refractivity contribution in [2.45, 2.75) is 44.7 Å². The molecule has 1 aliphatic heterocycles. The number of anilines is 2. The molecule has 0 aromatic carbocycles. The topological polar surface area (TPSA) is 59.1 Å². The summed E-state index contributed by atoms with van der Waals surface area (Å²) in [6, 6.07) is 1.39. The van der Waals surface area contributed by atoms with Crippen LogP contribution in [-0.2, 0) is 13.5 Å². The van der Waals surface area contributed by atoms with Crippen LogP contribution in [0.1, 0.15) is 31.9 Å². The van der Waals surface area contributed by atoms with Gasteiger partial charge in [-0.05, 0) is 25.7 Å². The zero-order chi connectivity index (χ0) is 12.7. The molecule has 0 amide bonds. The van der Waals surface area contributed by atoms with Crippen LogP contribution < -0.4 is 11.1 Å². The summed E-state index contributed by atoms with van der Waals surface area (Å²) >= 11 is 0. The molecule has 5 heteroatoms. The standard InChI is InChI=1S/C13H23N5/c1-3-11-12(14)13(17(2)16-11)15-9-6-7-18(8-9)10-4-5-10/h9-10,15H,3-8,14H2,1-2H3. The van der Waals surface area contributed by atoms with Gasteiger partial charge in [0.05, 0.1) is 11.4 Å². The van der Waals surface area contributed by atoms with Crippen LogP contribution >= 0.6 is 0 Å². The van der Waals surface area contributed by atoms with E-state index in [1.54, 1.807) is 0 Å². The lowest BCUT2D eigenvalue weighted by Crippen LogP contribution is -2.28. The lowest BCUT2D eigenvalue weighted by atomic mass is 10.2. The van der Waals surface area contributed by atoms with Crippen molar-refractivity contribution < 1.29 is 0 Å². The normalized spacial score (nSPS) is 24.7. The van der Waals surface area contributed by atoms with Crippen LogP contribution in [0.3, 0.4) is 0 Å². The third-order valence-electron chi connectivity index (χ3n) is 4.12. The maximum absolute atomic E-state index is 6.14. The third-order valence-corrected chi connectivity index (χ3v) is 4.12. The number of hydrogen-bond acceptors (Lipinski definition) is 4. The van der Waals surface area contributed by atoms with Gasteiger partial charge in [-0.3, -0.25) is 9.58 Å². The van der Waals surface area contributed by atoms with Gasteiger partial charge < -0.3 is 11.1 Å². The highest BCUT2D eigenvalue weighted by molar-refractivity contribution is 5.65. The van der Waals surface area contributed by atoms with Crippen LogP contribution in [-0.4, -0.2) is 39.9 Å². The van der Waals surface area contributed by atoms with Gasteiger partial charge in [-0.2, -0.15) is 5.10 Å². The number of rotatable bonds is 4. The molecule has 1 saturated carbocycles. The summed E-state index contributed by atoms with van der Waals surface area (Å²) in [7, 11) is 1.96. The van der Waals surface area contributed by atoms with Crippen molar-refractivity contribution in [1.29, 1.82) is 0 Å². The Morgan fingerprint density at radius 3 is 2.78 bits per heavy atom. The third kappa shape index (κ3) is 2.07. The summed E-state index contributed by atoms with van der Waals surface area (Å²) in [5.74, 6) is 0.995. The van der Waals surface area contributed by atoms with E-state index in [0.717, 1.165) is 36.2 Å². The molecular weight excluding hydrogens is 226 g/mol. The summed E-state index contributed by atoms with van der Waals surface area (Å²) in [5, 5.41) is 8.03. The number of nitrogens with zero attached hydrogens (tertiary/aromatic N) is 3. The highest BCUT2D eigenvalue weighted by atomic mass is 15.3. The van der Waals surface area contributed by atoms with Crippen molar-refractivity contribution in [3.8, 4) is 0 Å². The summed E-state index contributed by atoms with van der Waals surface area (Å²) < 4.78 is 1.88. The van der Waals surface area contributed by atoms with Gasteiger partial charge in [-0.25, -0.2) is 0 Å². The number of nitrogens with one attached hydrogen (secondary N) is 1. The molecule has 18 heavy (non-hydrogen) atoms. The summed E-state index contributed by atoms with van der Waals surface area (Å²) in [5.41, 5.74) is 7.96. The van der Waals surface area contributed by atoms with E-state index >= 15 is 0 Å². The van der Waals surface area contributed by atoms with Crippen molar-refractivity contribution in [3.05, 3.63) is 5.69 Å². The molecule has 2 aliphatic rings. The predicted octanol–water partition coefficient (Wildman–Crippen LogP) is 1.21. The maximum Gasteiger partial charge on any atom is 0.148 e. The summed E-state index contributed by atoms with van der Waals surface area (Å²) in [6.07, 6.45) is 4.88. The van der Waals surface area contributed by atoms with E-state index < -0.39 is 0 Å². The van der Waals surface area contributed by atoms with Crippen LogP contribution in [0.2, 0.25) is 0 Å². The van der Waals surface area contributed by atoms with Gasteiger partial charge in [-0.1, -0.05) is 6.92 Å². The molecule has 2 fully saturated rings. The fraction of sp³-hybridized carbons (Fsp3) is 0.769. The number of hydrogen-bond donors (Lipinski definition) is 2. The second-order valence-electron chi connectivity index (χ2n) is 5.54. The van der Waals surface area contributed by atoms with Crippen molar-refractivity contribution in [3.63, 3.8) is 0 Å². The van der Waals surface area contributed by atoms with E-state index in [4.69, 9.17) is 5.73 Å². The number of likely N-dealkylation sites (tertiary alicyclic amines) is 1. The molecule has 1 atom stereocenters. The maximum atomic E-state index is 6.14. The van der Waals surface area contributed by atoms with Crippen molar-refractivity contribution in [2.24, 2.45) is 7.05 Å². The lowest BCUT2D eigenvalue weighted by molar-refractivity contribution is 0.326. The largest absolute Gasteiger partial charge is 0.394 e. The number of nitrogens with two attached hydrogens (primary N) is 1. The van der Waals surface area contributed by atoms with E-state index in [1.165, 1.54) is 25.8 Å². The minimum Gasteiger partial charge on any atom is -0.394 e. The molecule has 0 radical (unpaired) electrons. The fourth-order valence-corrected chi connectivity index (χ4v) is 2.90. The Labute approximate surface area is 108 Å². The fourth-order valence-electron chi connectivity index (χ4n) is 2.90. The van der Waals surface area contributed by atoms with Gasteiger partial charge in [0.25, 0.3) is 0 Å². The SMILES string of the molecule is CCc1nn(C)c(NC2CCN(C3CC3)C2)c1N. The Bertz CT molecular complexity index is 435. The molecule has 1 aromatic rings. The molecule has 1 aromatic heterocycles. The van der Waals surface area contributed by atoms with Gasteiger partial charge in [0.1, 0.15) is 5.82 Å². The highest BCUT2D eigenvalue weighted by Gasteiger charge is 2.34. The quantitative estimate of drug-likeness (QED) is 0.842. The predicted molar refractivity (Wildman–Crippen MR) is 73.6 cm³/mol. The minimum atomic E-state index is 0.521. The van der Waals surface area contributed by atoms with Gasteiger partial charge >= 0.3 is 0 Å². The molecule has 0 bridgehead atoms. The first-order valence-electron chi connectivity index (χ1n) is 7.01. The van der Waals surface area contributed by atoms with E-state index in [1.807, 2.05) is 11.7 Å². The Hall–Kier alpha value is -1.23. The van der Waals surface area contributed by atoms with Gasteiger partial charge in [0, 0.05) is 32.2 Å². The number of aromatic nitrogens is 2. The zero-order valence-electron chi connectivity index (χ0n) is 11.3. The zero-order valence-corrected chi connectivity index (χ0v) is 11.3. The number of nitrogen functional groups attached to an aromatic ring is 1. The molecular formula is C13H23N5. The van der Waals surface area contributed by atoms with Crippen LogP contribution in [0.25, 0.3) is 0 Å². The average molecular weight is 249 g/mol. The molecule has 0 spiro atoms. The molecule has 1 saturated heterocycles. The molecule has 5 nitrogen and oxygen atoms in total. The summed E-state index contributed by atoms with van der Waals surface area (Å²) in [4.78, 5) is 2.60. The van der Waals surface area contributed by atoms with E-state index in [2.05, 4.69) is 22.2 Å². The molecule has 3 N–H and O–H groups in total. The second-order valence-corrected chi connectivity index (χ2v) is 5.54. The van der Waals surface area contributed by atoms with Gasteiger partial charge in [-0.15, -0.1) is 0 Å². The van der Waals surface area contributed by atoms with Crippen molar-refractivity contribution in [2.75, 3.05) is 24.1 Å². The Morgan fingerprint density at radius 2 is 2.17 bits per heavy atom.